The molecule has 0 radical (unpaired) electrons. The van der Waals surface area contributed by atoms with Gasteiger partial charge in [-0.3, -0.25) is 4.79 Å². The number of carbonyl (C=O) groups excluding carboxylic acids is 1. The Kier molecular flexibility index (Phi) is 3.65. The van der Waals surface area contributed by atoms with Gasteiger partial charge in [-0.2, -0.15) is 0 Å². The van der Waals surface area contributed by atoms with Gasteiger partial charge in [0.25, 0.3) is 5.91 Å². The van der Waals surface area contributed by atoms with E-state index in [1.54, 1.807) is 21.2 Å². The number of anilines is 2. The first kappa shape index (κ1) is 13.0. The zero-order valence-corrected chi connectivity index (χ0v) is 11.8. The smallest absolute Gasteiger partial charge is 0.265 e. The van der Waals surface area contributed by atoms with E-state index in [0.29, 0.717) is 16.3 Å². The SMILES string of the molecule is COc1c(NCC2CC2)sc(C(=O)N(C)C)c1N. The molecule has 0 atom stereocenters. The van der Waals surface area contributed by atoms with Gasteiger partial charge in [0, 0.05) is 20.6 Å². The number of methoxy groups -OCH3 is 1. The third kappa shape index (κ3) is 2.53. The molecule has 0 aliphatic heterocycles. The molecule has 5 nitrogen and oxygen atoms in total. The number of thiophene rings is 1. The Labute approximate surface area is 111 Å². The number of carbonyl (C=O) groups is 1. The van der Waals surface area contributed by atoms with Gasteiger partial charge in [-0.15, -0.1) is 11.3 Å². The molecule has 100 valence electrons. The average molecular weight is 269 g/mol. The molecular formula is C12H19N3O2S. The predicted octanol–water partition coefficient (Wildman–Crippen LogP) is 1.86. The van der Waals surface area contributed by atoms with Crippen molar-refractivity contribution in [1.29, 1.82) is 0 Å². The van der Waals surface area contributed by atoms with E-state index < -0.39 is 0 Å². The minimum atomic E-state index is -0.0877. The molecule has 1 saturated carbocycles. The molecule has 0 saturated heterocycles. The summed E-state index contributed by atoms with van der Waals surface area (Å²) in [7, 11) is 5.00. The lowest BCUT2D eigenvalue weighted by Crippen LogP contribution is -2.21. The Hall–Kier alpha value is -1.43. The fourth-order valence-corrected chi connectivity index (χ4v) is 2.79. The van der Waals surface area contributed by atoms with E-state index in [0.717, 1.165) is 17.5 Å². The standard InChI is InChI=1S/C12H19N3O2S/c1-15(2)12(16)10-8(13)9(17-3)11(18-10)14-6-7-4-5-7/h7,14H,4-6,13H2,1-3H3. The van der Waals surface area contributed by atoms with Crippen LogP contribution in [0.2, 0.25) is 0 Å². The molecule has 3 N–H and O–H groups in total. The van der Waals surface area contributed by atoms with E-state index >= 15 is 0 Å². The lowest BCUT2D eigenvalue weighted by molar-refractivity contribution is 0.0833. The number of amides is 1. The van der Waals surface area contributed by atoms with Gasteiger partial charge in [0.2, 0.25) is 0 Å². The minimum Gasteiger partial charge on any atom is -0.492 e. The largest absolute Gasteiger partial charge is 0.492 e. The Bertz CT molecular complexity index is 452. The van der Waals surface area contributed by atoms with Crippen LogP contribution in [0.1, 0.15) is 22.5 Å². The van der Waals surface area contributed by atoms with Crippen LogP contribution in [0.5, 0.6) is 5.75 Å². The predicted molar refractivity (Wildman–Crippen MR) is 74.5 cm³/mol. The molecule has 1 heterocycles. The highest BCUT2D eigenvalue weighted by molar-refractivity contribution is 7.19. The van der Waals surface area contributed by atoms with Crippen LogP contribution in [0.15, 0.2) is 0 Å². The number of nitrogens with one attached hydrogen (secondary N) is 1. The number of hydrogen-bond donors (Lipinski definition) is 2. The van der Waals surface area contributed by atoms with Gasteiger partial charge in [0.15, 0.2) is 5.75 Å². The zero-order valence-electron chi connectivity index (χ0n) is 10.9. The molecule has 1 aromatic heterocycles. The van der Waals surface area contributed by atoms with Crippen LogP contribution in [0, 0.1) is 5.92 Å². The van der Waals surface area contributed by atoms with E-state index in [4.69, 9.17) is 10.5 Å². The monoisotopic (exact) mass is 269 g/mol. The van der Waals surface area contributed by atoms with E-state index in [-0.39, 0.29) is 5.91 Å². The maximum Gasteiger partial charge on any atom is 0.265 e. The highest BCUT2D eigenvalue weighted by Crippen LogP contribution is 2.43. The van der Waals surface area contributed by atoms with Crippen molar-refractivity contribution < 1.29 is 9.53 Å². The molecule has 0 aromatic carbocycles. The maximum atomic E-state index is 12.0. The van der Waals surface area contributed by atoms with Crippen LogP contribution < -0.4 is 15.8 Å². The molecule has 18 heavy (non-hydrogen) atoms. The van der Waals surface area contributed by atoms with Gasteiger partial charge < -0.3 is 20.7 Å². The van der Waals surface area contributed by atoms with Crippen LogP contribution in [-0.2, 0) is 0 Å². The minimum absolute atomic E-state index is 0.0877. The summed E-state index contributed by atoms with van der Waals surface area (Å²) >= 11 is 1.36. The number of rotatable bonds is 5. The van der Waals surface area contributed by atoms with Crippen LogP contribution >= 0.6 is 11.3 Å². The van der Waals surface area contributed by atoms with E-state index in [1.165, 1.54) is 29.1 Å². The molecule has 0 bridgehead atoms. The topological polar surface area (TPSA) is 67.6 Å². The Morgan fingerprint density at radius 3 is 2.72 bits per heavy atom. The summed E-state index contributed by atoms with van der Waals surface area (Å²) < 4.78 is 5.29. The van der Waals surface area contributed by atoms with Crippen molar-refractivity contribution in [1.82, 2.24) is 4.90 Å². The zero-order chi connectivity index (χ0) is 13.3. The number of ether oxygens (including phenoxy) is 1. The van der Waals surface area contributed by atoms with Gasteiger partial charge in [0.1, 0.15) is 15.6 Å². The molecule has 1 aliphatic carbocycles. The Balaban J connectivity index is 2.22. The van der Waals surface area contributed by atoms with Crippen LogP contribution in [-0.4, -0.2) is 38.6 Å². The molecule has 0 spiro atoms. The number of hydrogen-bond acceptors (Lipinski definition) is 5. The second-order valence-electron chi connectivity index (χ2n) is 4.73. The van der Waals surface area contributed by atoms with Gasteiger partial charge in [-0.05, 0) is 18.8 Å². The first-order chi connectivity index (χ1) is 8.54. The van der Waals surface area contributed by atoms with Crippen LogP contribution in [0.3, 0.4) is 0 Å². The maximum absolute atomic E-state index is 12.0. The molecular weight excluding hydrogens is 250 g/mol. The van der Waals surface area contributed by atoms with Gasteiger partial charge >= 0.3 is 0 Å². The molecule has 1 amide bonds. The highest BCUT2D eigenvalue weighted by atomic mass is 32.1. The quantitative estimate of drug-likeness (QED) is 0.856. The van der Waals surface area contributed by atoms with Crippen molar-refractivity contribution in [2.75, 3.05) is 38.8 Å². The number of nitrogens with zero attached hydrogens (tertiary/aromatic N) is 1. The fourth-order valence-electron chi connectivity index (χ4n) is 1.67. The van der Waals surface area contributed by atoms with Crippen molar-refractivity contribution in [2.45, 2.75) is 12.8 Å². The molecule has 1 fully saturated rings. The third-order valence-electron chi connectivity index (χ3n) is 2.95. The number of nitrogen functional groups attached to an aromatic ring is 1. The summed E-state index contributed by atoms with van der Waals surface area (Å²) in [5, 5.41) is 4.18. The van der Waals surface area contributed by atoms with Crippen molar-refractivity contribution in [3.8, 4) is 5.75 Å². The van der Waals surface area contributed by atoms with Crippen LogP contribution in [0.4, 0.5) is 10.7 Å². The first-order valence-electron chi connectivity index (χ1n) is 5.96. The van der Waals surface area contributed by atoms with Gasteiger partial charge in [-0.1, -0.05) is 0 Å². The number of nitrogens with two attached hydrogens (primary N) is 1. The van der Waals surface area contributed by atoms with Crippen LogP contribution in [0.25, 0.3) is 0 Å². The first-order valence-corrected chi connectivity index (χ1v) is 6.78. The van der Waals surface area contributed by atoms with E-state index in [2.05, 4.69) is 5.32 Å². The summed E-state index contributed by atoms with van der Waals surface area (Å²) in [6.07, 6.45) is 2.55. The van der Waals surface area contributed by atoms with E-state index in [9.17, 15) is 4.79 Å². The second kappa shape index (κ2) is 5.06. The third-order valence-corrected chi connectivity index (χ3v) is 4.08. The Morgan fingerprint density at radius 2 is 2.22 bits per heavy atom. The van der Waals surface area contributed by atoms with Crippen molar-refractivity contribution >= 4 is 27.9 Å². The summed E-state index contributed by atoms with van der Waals surface area (Å²) in [5.74, 6) is 1.26. The van der Waals surface area contributed by atoms with Gasteiger partial charge in [0.05, 0.1) is 7.11 Å². The second-order valence-corrected chi connectivity index (χ2v) is 5.75. The lowest BCUT2D eigenvalue weighted by Gasteiger charge is -2.08. The molecule has 1 aromatic rings. The molecule has 0 unspecified atom stereocenters. The molecule has 2 rings (SSSR count). The molecule has 1 aliphatic rings. The van der Waals surface area contributed by atoms with E-state index in [1.807, 2.05) is 0 Å². The summed E-state index contributed by atoms with van der Waals surface area (Å²) in [5.41, 5.74) is 6.40. The lowest BCUT2D eigenvalue weighted by atomic mass is 10.3. The molecule has 6 heteroatoms. The summed E-state index contributed by atoms with van der Waals surface area (Å²) in [4.78, 5) is 14.0. The van der Waals surface area contributed by atoms with Gasteiger partial charge in [-0.25, -0.2) is 0 Å². The van der Waals surface area contributed by atoms with Crippen molar-refractivity contribution in [2.24, 2.45) is 5.92 Å². The van der Waals surface area contributed by atoms with Crippen molar-refractivity contribution in [3.05, 3.63) is 4.88 Å². The summed E-state index contributed by atoms with van der Waals surface area (Å²) in [6, 6.07) is 0. The summed E-state index contributed by atoms with van der Waals surface area (Å²) in [6.45, 7) is 0.923. The fraction of sp³-hybridized carbons (Fsp3) is 0.583. The highest BCUT2D eigenvalue weighted by Gasteiger charge is 2.25. The Morgan fingerprint density at radius 1 is 1.56 bits per heavy atom. The van der Waals surface area contributed by atoms with Crippen molar-refractivity contribution in [3.63, 3.8) is 0 Å². The normalized spacial score (nSPS) is 14.4. The average Bonchev–Trinajstić information content (AvgIpc) is 3.10.